The lowest BCUT2D eigenvalue weighted by Gasteiger charge is -2.20. The molecule has 0 amide bonds. The Balaban J connectivity index is 2.15. The maximum atomic E-state index is 11.6. The molecule has 0 saturated heterocycles. The van der Waals surface area contributed by atoms with Crippen LogP contribution in [0.1, 0.15) is 33.3 Å². The molecule has 1 aliphatic heterocycles. The van der Waals surface area contributed by atoms with Crippen molar-refractivity contribution in [3.63, 3.8) is 0 Å². The first-order valence-electron chi connectivity index (χ1n) is 6.67. The predicted molar refractivity (Wildman–Crippen MR) is 74.6 cm³/mol. The summed E-state index contributed by atoms with van der Waals surface area (Å²) in [7, 11) is 0. The summed E-state index contributed by atoms with van der Waals surface area (Å²) in [5.74, 6) is 0.598. The number of carbonyl (C=O) groups is 1. The molecule has 1 heterocycles. The van der Waals surface area contributed by atoms with E-state index in [-0.39, 0.29) is 11.6 Å². The van der Waals surface area contributed by atoms with E-state index < -0.39 is 6.04 Å². The second-order valence-electron chi connectivity index (χ2n) is 5.45. The first kappa shape index (κ1) is 13.7. The lowest BCUT2D eigenvalue weighted by molar-refractivity contribution is -0.143. The SMILES string of the molecule is CCOC(=O)C(C)Nc1cccc2c1OC(C)(C)C2. The van der Waals surface area contributed by atoms with Crippen LogP contribution in [0.4, 0.5) is 5.69 Å². The lowest BCUT2D eigenvalue weighted by Crippen LogP contribution is -2.29. The van der Waals surface area contributed by atoms with E-state index in [9.17, 15) is 4.79 Å². The lowest BCUT2D eigenvalue weighted by atomic mass is 10.0. The van der Waals surface area contributed by atoms with Gasteiger partial charge < -0.3 is 14.8 Å². The first-order chi connectivity index (χ1) is 8.93. The topological polar surface area (TPSA) is 47.6 Å². The standard InChI is InChI=1S/C15H21NO3/c1-5-18-14(17)10(2)16-12-8-6-7-11-9-15(3,4)19-13(11)12/h6-8,10,16H,5,9H2,1-4H3. The number of rotatable bonds is 4. The smallest absolute Gasteiger partial charge is 0.328 e. The fraction of sp³-hybridized carbons (Fsp3) is 0.533. The number of benzene rings is 1. The molecule has 0 saturated carbocycles. The van der Waals surface area contributed by atoms with Gasteiger partial charge in [0.1, 0.15) is 17.4 Å². The summed E-state index contributed by atoms with van der Waals surface area (Å²) in [6.07, 6.45) is 0.881. The largest absolute Gasteiger partial charge is 0.485 e. The molecule has 1 aromatic carbocycles. The summed E-state index contributed by atoms with van der Waals surface area (Å²) in [5.41, 5.74) is 1.84. The monoisotopic (exact) mass is 263 g/mol. The van der Waals surface area contributed by atoms with Gasteiger partial charge in [0, 0.05) is 12.0 Å². The van der Waals surface area contributed by atoms with Gasteiger partial charge in [0.05, 0.1) is 12.3 Å². The zero-order chi connectivity index (χ0) is 14.0. The zero-order valence-electron chi connectivity index (χ0n) is 11.9. The quantitative estimate of drug-likeness (QED) is 0.849. The molecule has 1 N–H and O–H groups in total. The van der Waals surface area contributed by atoms with Gasteiger partial charge in [-0.2, -0.15) is 0 Å². The van der Waals surface area contributed by atoms with Crippen molar-refractivity contribution in [3.05, 3.63) is 23.8 Å². The number of ether oxygens (including phenoxy) is 2. The summed E-state index contributed by atoms with van der Waals surface area (Å²) in [6.45, 7) is 8.10. The van der Waals surface area contributed by atoms with E-state index in [2.05, 4.69) is 25.2 Å². The number of esters is 1. The van der Waals surface area contributed by atoms with Gasteiger partial charge in [-0.15, -0.1) is 0 Å². The molecule has 0 fully saturated rings. The molecule has 0 aliphatic carbocycles. The van der Waals surface area contributed by atoms with E-state index in [1.54, 1.807) is 13.8 Å². The summed E-state index contributed by atoms with van der Waals surface area (Å²) in [4.78, 5) is 11.6. The molecule has 4 heteroatoms. The van der Waals surface area contributed by atoms with Crippen LogP contribution in [-0.4, -0.2) is 24.2 Å². The van der Waals surface area contributed by atoms with Gasteiger partial charge >= 0.3 is 5.97 Å². The molecular weight excluding hydrogens is 242 g/mol. The van der Waals surface area contributed by atoms with E-state index >= 15 is 0 Å². The third-order valence-corrected chi connectivity index (χ3v) is 3.10. The van der Waals surface area contributed by atoms with E-state index in [0.29, 0.717) is 6.61 Å². The van der Waals surface area contributed by atoms with Crippen molar-refractivity contribution in [3.8, 4) is 5.75 Å². The number of para-hydroxylation sites is 1. The number of hydrogen-bond acceptors (Lipinski definition) is 4. The molecule has 19 heavy (non-hydrogen) atoms. The fourth-order valence-electron chi connectivity index (χ4n) is 2.29. The molecule has 0 spiro atoms. The van der Waals surface area contributed by atoms with Crippen LogP contribution in [0, 0.1) is 0 Å². The highest BCUT2D eigenvalue weighted by Gasteiger charge is 2.32. The minimum Gasteiger partial charge on any atom is -0.485 e. The van der Waals surface area contributed by atoms with Crippen LogP contribution in [0.15, 0.2) is 18.2 Å². The maximum Gasteiger partial charge on any atom is 0.328 e. The zero-order valence-corrected chi connectivity index (χ0v) is 11.9. The minimum absolute atomic E-state index is 0.187. The van der Waals surface area contributed by atoms with Crippen molar-refractivity contribution >= 4 is 11.7 Å². The highest BCUT2D eigenvalue weighted by molar-refractivity contribution is 5.80. The Morgan fingerprint density at radius 2 is 2.26 bits per heavy atom. The van der Waals surface area contributed by atoms with Gasteiger partial charge in [-0.3, -0.25) is 0 Å². The normalized spacial score (nSPS) is 17.3. The average Bonchev–Trinajstić information content (AvgIpc) is 2.64. The van der Waals surface area contributed by atoms with Crippen LogP contribution in [0.2, 0.25) is 0 Å². The highest BCUT2D eigenvalue weighted by atomic mass is 16.5. The molecule has 1 unspecified atom stereocenters. The summed E-state index contributed by atoms with van der Waals surface area (Å²) < 4.78 is 10.9. The molecule has 0 bridgehead atoms. The van der Waals surface area contributed by atoms with E-state index in [1.165, 1.54) is 5.56 Å². The molecule has 1 atom stereocenters. The molecule has 0 aromatic heterocycles. The van der Waals surface area contributed by atoms with Gasteiger partial charge in [-0.1, -0.05) is 12.1 Å². The predicted octanol–water partition coefficient (Wildman–Crippen LogP) is 2.76. The van der Waals surface area contributed by atoms with Crippen LogP contribution in [0.5, 0.6) is 5.75 Å². The second-order valence-corrected chi connectivity index (χ2v) is 5.45. The van der Waals surface area contributed by atoms with Crippen molar-refractivity contribution in [2.24, 2.45) is 0 Å². The Morgan fingerprint density at radius 1 is 1.53 bits per heavy atom. The Labute approximate surface area is 114 Å². The number of fused-ring (bicyclic) bond motifs is 1. The van der Waals surface area contributed by atoms with E-state index in [0.717, 1.165) is 17.9 Å². The van der Waals surface area contributed by atoms with Crippen molar-refractivity contribution < 1.29 is 14.3 Å². The Morgan fingerprint density at radius 3 is 2.95 bits per heavy atom. The van der Waals surface area contributed by atoms with Crippen molar-refractivity contribution in [2.75, 3.05) is 11.9 Å². The van der Waals surface area contributed by atoms with Crippen molar-refractivity contribution in [2.45, 2.75) is 45.8 Å². The van der Waals surface area contributed by atoms with Crippen LogP contribution in [0.25, 0.3) is 0 Å². The molecule has 1 aromatic rings. The molecule has 104 valence electrons. The molecule has 0 radical (unpaired) electrons. The number of carbonyl (C=O) groups excluding carboxylic acids is 1. The Hall–Kier alpha value is -1.71. The van der Waals surface area contributed by atoms with E-state index in [1.807, 2.05) is 12.1 Å². The van der Waals surface area contributed by atoms with Crippen LogP contribution < -0.4 is 10.1 Å². The Bertz CT molecular complexity index is 482. The second kappa shape index (κ2) is 5.11. The maximum absolute atomic E-state index is 11.6. The highest BCUT2D eigenvalue weighted by Crippen LogP contribution is 2.40. The van der Waals surface area contributed by atoms with Crippen molar-refractivity contribution in [1.82, 2.24) is 0 Å². The summed E-state index contributed by atoms with van der Waals surface area (Å²) in [5, 5.41) is 3.17. The third kappa shape index (κ3) is 3.00. The molecule has 2 rings (SSSR count). The molecule has 1 aliphatic rings. The van der Waals surface area contributed by atoms with Gasteiger partial charge in [0.2, 0.25) is 0 Å². The van der Waals surface area contributed by atoms with E-state index in [4.69, 9.17) is 9.47 Å². The average molecular weight is 263 g/mol. The summed E-state index contributed by atoms with van der Waals surface area (Å²) in [6, 6.07) is 5.57. The summed E-state index contributed by atoms with van der Waals surface area (Å²) >= 11 is 0. The minimum atomic E-state index is -0.390. The Kier molecular flexibility index (Phi) is 3.69. The fourth-order valence-corrected chi connectivity index (χ4v) is 2.29. The van der Waals surface area contributed by atoms with Gasteiger partial charge in [0.25, 0.3) is 0 Å². The first-order valence-corrected chi connectivity index (χ1v) is 6.67. The van der Waals surface area contributed by atoms with Crippen molar-refractivity contribution in [1.29, 1.82) is 0 Å². The van der Waals surface area contributed by atoms with Crippen LogP contribution in [0.3, 0.4) is 0 Å². The van der Waals surface area contributed by atoms with Gasteiger partial charge in [-0.05, 0) is 33.8 Å². The number of hydrogen-bond donors (Lipinski definition) is 1. The van der Waals surface area contributed by atoms with Crippen LogP contribution >= 0.6 is 0 Å². The van der Waals surface area contributed by atoms with Gasteiger partial charge in [-0.25, -0.2) is 4.79 Å². The number of nitrogens with one attached hydrogen (secondary N) is 1. The molecule has 4 nitrogen and oxygen atoms in total. The van der Waals surface area contributed by atoms with Gasteiger partial charge in [0.15, 0.2) is 0 Å². The third-order valence-electron chi connectivity index (χ3n) is 3.10. The van der Waals surface area contributed by atoms with Crippen LogP contribution in [-0.2, 0) is 16.0 Å². The molecular formula is C15H21NO3. The number of anilines is 1.